The summed E-state index contributed by atoms with van der Waals surface area (Å²) in [6, 6.07) is 5.21. The molecule has 0 fully saturated rings. The van der Waals surface area contributed by atoms with E-state index in [4.69, 9.17) is 11.6 Å². The molecule has 2 aromatic rings. The Bertz CT molecular complexity index is 610. The van der Waals surface area contributed by atoms with Crippen LogP contribution in [0.5, 0.6) is 0 Å². The first-order valence-electron chi connectivity index (χ1n) is 6.06. The Hall–Kier alpha value is -1.22. The normalized spacial score (nSPS) is 15.1. The lowest BCUT2D eigenvalue weighted by molar-refractivity contribution is 0.146. The third-order valence-electron chi connectivity index (χ3n) is 3.50. The topological polar surface area (TPSA) is 12.9 Å². The van der Waals surface area contributed by atoms with E-state index in [1.54, 1.807) is 0 Å². The highest BCUT2D eigenvalue weighted by Gasteiger charge is 2.18. The first-order chi connectivity index (χ1) is 8.66. The van der Waals surface area contributed by atoms with Crippen LogP contribution < -0.4 is 0 Å². The molecule has 1 aliphatic rings. The zero-order valence-corrected chi connectivity index (χ0v) is 10.5. The second-order valence-corrected chi connectivity index (χ2v) is 5.04. The lowest BCUT2D eigenvalue weighted by Crippen LogP contribution is -2.05. The van der Waals surface area contributed by atoms with Gasteiger partial charge < -0.3 is 0 Å². The second-order valence-electron chi connectivity index (χ2n) is 4.64. The summed E-state index contributed by atoms with van der Waals surface area (Å²) in [6.45, 7) is 0. The van der Waals surface area contributed by atoms with Crippen LogP contribution in [0.4, 0.5) is 8.78 Å². The molecule has 3 rings (SSSR count). The van der Waals surface area contributed by atoms with Gasteiger partial charge in [0, 0.05) is 5.39 Å². The summed E-state index contributed by atoms with van der Waals surface area (Å²) in [7, 11) is 0. The third kappa shape index (κ3) is 1.87. The van der Waals surface area contributed by atoms with Crippen LogP contribution in [0.15, 0.2) is 18.2 Å². The van der Waals surface area contributed by atoms with Gasteiger partial charge in [-0.3, -0.25) is 0 Å². The van der Waals surface area contributed by atoms with Gasteiger partial charge >= 0.3 is 0 Å². The van der Waals surface area contributed by atoms with Crippen LogP contribution in [0.1, 0.15) is 36.1 Å². The molecular formula is C14H12ClF2N. The molecule has 94 valence electrons. The van der Waals surface area contributed by atoms with Crippen LogP contribution in [0, 0.1) is 0 Å². The molecule has 0 unspecified atom stereocenters. The van der Waals surface area contributed by atoms with Gasteiger partial charge in [-0.25, -0.2) is 13.8 Å². The molecule has 1 aliphatic carbocycles. The molecule has 0 saturated heterocycles. The molecule has 0 bridgehead atoms. The molecule has 4 heteroatoms. The van der Waals surface area contributed by atoms with E-state index in [1.165, 1.54) is 11.6 Å². The van der Waals surface area contributed by atoms with Crippen molar-refractivity contribution in [2.24, 2.45) is 0 Å². The molecule has 0 saturated carbocycles. The minimum absolute atomic E-state index is 0.230. The fourth-order valence-electron chi connectivity index (χ4n) is 2.61. The van der Waals surface area contributed by atoms with Gasteiger partial charge in [-0.05, 0) is 42.9 Å². The Kier molecular flexibility index (Phi) is 2.94. The van der Waals surface area contributed by atoms with Gasteiger partial charge in [0.25, 0.3) is 6.43 Å². The Morgan fingerprint density at radius 2 is 1.94 bits per heavy atom. The van der Waals surface area contributed by atoms with E-state index in [9.17, 15) is 8.78 Å². The van der Waals surface area contributed by atoms with Gasteiger partial charge in [0.05, 0.1) is 10.5 Å². The standard InChI is InChI=1S/C14H12ClF2N/c15-11-7-12(14(16)17)18-13-9-4-2-1-3-8(9)5-6-10(11)13/h5-7,14H,1-4H2. The molecule has 0 radical (unpaired) electrons. The molecule has 1 nitrogen and oxygen atoms in total. The maximum absolute atomic E-state index is 12.8. The summed E-state index contributed by atoms with van der Waals surface area (Å²) in [5, 5.41) is 1.14. The van der Waals surface area contributed by atoms with Crippen molar-refractivity contribution >= 4 is 22.5 Å². The van der Waals surface area contributed by atoms with Crippen molar-refractivity contribution in [3.8, 4) is 0 Å². The van der Waals surface area contributed by atoms with Gasteiger partial charge in [-0.15, -0.1) is 0 Å². The smallest absolute Gasteiger partial charge is 0.246 e. The predicted molar refractivity (Wildman–Crippen MR) is 68.4 cm³/mol. The number of rotatable bonds is 1. The number of alkyl halides is 2. The van der Waals surface area contributed by atoms with Gasteiger partial charge in [0.2, 0.25) is 0 Å². The number of benzene rings is 1. The van der Waals surface area contributed by atoms with E-state index in [-0.39, 0.29) is 5.69 Å². The highest BCUT2D eigenvalue weighted by atomic mass is 35.5. The van der Waals surface area contributed by atoms with Crippen LogP contribution >= 0.6 is 11.6 Å². The molecule has 0 spiro atoms. The number of fused-ring (bicyclic) bond motifs is 3. The maximum atomic E-state index is 12.8. The summed E-state index contributed by atoms with van der Waals surface area (Å²) in [4.78, 5) is 4.11. The molecular weight excluding hydrogens is 256 g/mol. The number of nitrogens with zero attached hydrogens (tertiary/aromatic N) is 1. The molecule has 0 N–H and O–H groups in total. The van der Waals surface area contributed by atoms with E-state index in [0.717, 1.165) is 36.6 Å². The van der Waals surface area contributed by atoms with Gasteiger partial charge in [-0.2, -0.15) is 0 Å². The van der Waals surface area contributed by atoms with Crippen molar-refractivity contribution in [3.63, 3.8) is 0 Å². The highest BCUT2D eigenvalue weighted by Crippen LogP contribution is 2.33. The average Bonchev–Trinajstić information content (AvgIpc) is 2.38. The quantitative estimate of drug-likeness (QED) is 0.729. The molecule has 1 heterocycles. The van der Waals surface area contributed by atoms with E-state index in [0.29, 0.717) is 10.5 Å². The number of aryl methyl sites for hydroxylation is 2. The average molecular weight is 268 g/mol. The highest BCUT2D eigenvalue weighted by molar-refractivity contribution is 6.35. The lowest BCUT2D eigenvalue weighted by Gasteiger charge is -2.18. The van der Waals surface area contributed by atoms with Crippen molar-refractivity contribution in [2.45, 2.75) is 32.1 Å². The minimum atomic E-state index is -2.58. The van der Waals surface area contributed by atoms with Crippen LogP contribution in [0.3, 0.4) is 0 Å². The van der Waals surface area contributed by atoms with Crippen molar-refractivity contribution in [2.75, 3.05) is 0 Å². The number of halogens is 3. The Balaban J connectivity index is 2.31. The minimum Gasteiger partial charge on any atom is -0.246 e. The molecule has 0 amide bonds. The fourth-order valence-corrected chi connectivity index (χ4v) is 2.87. The Labute approximate surface area is 109 Å². The first-order valence-corrected chi connectivity index (χ1v) is 6.43. The Morgan fingerprint density at radius 3 is 2.72 bits per heavy atom. The Morgan fingerprint density at radius 1 is 1.17 bits per heavy atom. The van der Waals surface area contributed by atoms with Crippen LogP contribution in [0.25, 0.3) is 10.9 Å². The zero-order valence-electron chi connectivity index (χ0n) is 9.72. The summed E-state index contributed by atoms with van der Waals surface area (Å²) in [5.41, 5.74) is 2.76. The molecule has 1 aromatic carbocycles. The second kappa shape index (κ2) is 4.47. The van der Waals surface area contributed by atoms with Crippen molar-refractivity contribution < 1.29 is 8.78 Å². The van der Waals surface area contributed by atoms with E-state index in [1.807, 2.05) is 12.1 Å². The summed E-state index contributed by atoms with van der Waals surface area (Å²) in [5.74, 6) is 0. The molecule has 0 aliphatic heterocycles. The van der Waals surface area contributed by atoms with Crippen LogP contribution in [-0.4, -0.2) is 4.98 Å². The van der Waals surface area contributed by atoms with Gasteiger partial charge in [0.15, 0.2) is 0 Å². The van der Waals surface area contributed by atoms with Crippen molar-refractivity contribution in [1.82, 2.24) is 4.98 Å². The largest absolute Gasteiger partial charge is 0.280 e. The molecule has 1 aromatic heterocycles. The number of hydrogen-bond donors (Lipinski definition) is 0. The fraction of sp³-hybridized carbons (Fsp3) is 0.357. The van der Waals surface area contributed by atoms with Gasteiger partial charge in [-0.1, -0.05) is 23.7 Å². The van der Waals surface area contributed by atoms with Crippen molar-refractivity contribution in [1.29, 1.82) is 0 Å². The van der Waals surface area contributed by atoms with Crippen LogP contribution in [-0.2, 0) is 12.8 Å². The van der Waals surface area contributed by atoms with Gasteiger partial charge in [0.1, 0.15) is 5.69 Å². The third-order valence-corrected chi connectivity index (χ3v) is 3.81. The number of aromatic nitrogens is 1. The van der Waals surface area contributed by atoms with Crippen molar-refractivity contribution in [3.05, 3.63) is 40.0 Å². The zero-order chi connectivity index (χ0) is 12.7. The summed E-state index contributed by atoms with van der Waals surface area (Å²) in [6.07, 6.45) is 1.57. The lowest BCUT2D eigenvalue weighted by atomic mass is 9.89. The van der Waals surface area contributed by atoms with E-state index >= 15 is 0 Å². The SMILES string of the molecule is FC(F)c1cc(Cl)c2ccc3c(c2n1)CCCC3. The maximum Gasteiger partial charge on any atom is 0.280 e. The predicted octanol–water partition coefficient (Wildman–Crippen LogP) is 4.70. The summed E-state index contributed by atoms with van der Waals surface area (Å²) < 4.78 is 25.6. The van der Waals surface area contributed by atoms with E-state index < -0.39 is 6.43 Å². The molecule has 0 atom stereocenters. The number of hydrogen-bond acceptors (Lipinski definition) is 1. The molecule has 18 heavy (non-hydrogen) atoms. The first kappa shape index (κ1) is 11.8. The van der Waals surface area contributed by atoms with E-state index in [2.05, 4.69) is 4.98 Å². The summed E-state index contributed by atoms with van der Waals surface area (Å²) >= 11 is 6.08. The number of pyridine rings is 1. The van der Waals surface area contributed by atoms with Crippen LogP contribution in [0.2, 0.25) is 5.02 Å². The monoisotopic (exact) mass is 267 g/mol.